The van der Waals surface area contributed by atoms with E-state index in [1.54, 1.807) is 0 Å². The summed E-state index contributed by atoms with van der Waals surface area (Å²) in [5, 5.41) is 2.75. The van der Waals surface area contributed by atoms with Crippen LogP contribution >= 0.6 is 7.82 Å². The Hall–Kier alpha value is -0.660. The Labute approximate surface area is 215 Å². The second kappa shape index (κ2) is 22.5. The lowest BCUT2D eigenvalue weighted by atomic mass is 10.0. The van der Waals surface area contributed by atoms with Gasteiger partial charge in [-0.3, -0.25) is 9.05 Å². The number of alkyl carbamates (subject to hydrolysis) is 1. The fourth-order valence-electron chi connectivity index (χ4n) is 3.61. The lowest BCUT2D eigenvalue weighted by Crippen LogP contribution is -2.37. The number of carbonyl (C=O) groups is 1. The molecule has 0 saturated heterocycles. The first kappa shape index (κ1) is 34.3. The van der Waals surface area contributed by atoms with Crippen molar-refractivity contribution in [2.45, 2.75) is 110 Å². The molecule has 0 heterocycles. The van der Waals surface area contributed by atoms with Crippen molar-refractivity contribution >= 4 is 13.9 Å². The number of hydrogen-bond acceptors (Lipinski definition) is 5. The second-order valence-electron chi connectivity index (χ2n) is 10.5. The number of phosphoric ester groups is 1. The van der Waals surface area contributed by atoms with Crippen molar-refractivity contribution in [1.82, 2.24) is 5.32 Å². The highest BCUT2D eigenvalue weighted by atomic mass is 31.2. The summed E-state index contributed by atoms with van der Waals surface area (Å²) in [7, 11) is 1.85. The third-order valence-electron chi connectivity index (χ3n) is 5.84. The summed E-state index contributed by atoms with van der Waals surface area (Å²) in [6, 6.07) is 0. The highest BCUT2D eigenvalue weighted by Gasteiger charge is 2.22. The van der Waals surface area contributed by atoms with Crippen LogP contribution in [0.4, 0.5) is 4.79 Å². The predicted octanol–water partition coefficient (Wildman–Crippen LogP) is 6.81. The van der Waals surface area contributed by atoms with Gasteiger partial charge in [0.25, 0.3) is 0 Å². The van der Waals surface area contributed by atoms with E-state index in [-0.39, 0.29) is 19.8 Å². The number of rotatable bonds is 25. The zero-order valence-electron chi connectivity index (χ0n) is 23.2. The van der Waals surface area contributed by atoms with Crippen molar-refractivity contribution in [3.8, 4) is 0 Å². The van der Waals surface area contributed by atoms with E-state index < -0.39 is 13.9 Å². The Morgan fingerprint density at radius 3 is 1.66 bits per heavy atom. The van der Waals surface area contributed by atoms with Crippen LogP contribution in [-0.2, 0) is 18.3 Å². The smallest absolute Gasteiger partial charge is 0.449 e. The largest absolute Gasteiger partial charge is 0.472 e. The standard InChI is InChI=1S/C26H55N2O6P/c1-5-6-7-8-9-10-11-12-13-14-15-16-17-18-19-21-27-26(29)32-23-20-24-33-35(30,31)34-25-22-28(2,3)4/h5-25H2,1-4H3,(H-,27,29,30,31)/p+1. The molecule has 0 aromatic rings. The van der Waals surface area contributed by atoms with Crippen molar-refractivity contribution in [3.05, 3.63) is 0 Å². The zero-order chi connectivity index (χ0) is 26.3. The van der Waals surface area contributed by atoms with E-state index in [0.29, 0.717) is 24.0 Å². The summed E-state index contributed by atoms with van der Waals surface area (Å²) in [5.41, 5.74) is 0. The topological polar surface area (TPSA) is 94.1 Å². The maximum atomic E-state index is 11.8. The first-order valence-electron chi connectivity index (χ1n) is 14.0. The maximum absolute atomic E-state index is 11.8. The second-order valence-corrected chi connectivity index (χ2v) is 12.0. The Balaban J connectivity index is 3.37. The minimum atomic E-state index is -4.06. The Bertz CT molecular complexity index is 542. The average molecular weight is 524 g/mol. The number of quaternary nitrogens is 1. The summed E-state index contributed by atoms with van der Waals surface area (Å²) in [6.07, 6.45) is 19.6. The molecule has 0 aromatic carbocycles. The van der Waals surface area contributed by atoms with Gasteiger partial charge in [0, 0.05) is 13.0 Å². The number of hydrogen-bond donors (Lipinski definition) is 2. The Morgan fingerprint density at radius 1 is 0.714 bits per heavy atom. The van der Waals surface area contributed by atoms with Crippen LogP contribution in [0.3, 0.4) is 0 Å². The predicted molar refractivity (Wildman–Crippen MR) is 144 cm³/mol. The highest BCUT2D eigenvalue weighted by Crippen LogP contribution is 2.43. The van der Waals surface area contributed by atoms with E-state index in [2.05, 4.69) is 12.2 Å². The minimum Gasteiger partial charge on any atom is -0.449 e. The molecule has 0 spiro atoms. The zero-order valence-corrected chi connectivity index (χ0v) is 24.1. The van der Waals surface area contributed by atoms with E-state index in [1.807, 2.05) is 21.1 Å². The first-order valence-corrected chi connectivity index (χ1v) is 15.5. The molecule has 9 heteroatoms. The molecule has 0 aliphatic heterocycles. The number of unbranched alkanes of at least 4 members (excludes halogenated alkanes) is 14. The molecule has 2 N–H and O–H groups in total. The third kappa shape index (κ3) is 27.8. The average Bonchev–Trinajstić information content (AvgIpc) is 2.77. The van der Waals surface area contributed by atoms with Gasteiger partial charge in [0.2, 0.25) is 0 Å². The Kier molecular flexibility index (Phi) is 22.1. The van der Waals surface area contributed by atoms with Crippen LogP contribution in [0.15, 0.2) is 0 Å². The summed E-state index contributed by atoms with van der Waals surface area (Å²) in [4.78, 5) is 21.3. The van der Waals surface area contributed by atoms with Crippen molar-refractivity contribution in [2.24, 2.45) is 0 Å². The molecule has 0 rings (SSSR count). The van der Waals surface area contributed by atoms with Crippen molar-refractivity contribution in [2.75, 3.05) is 54.1 Å². The lowest BCUT2D eigenvalue weighted by Gasteiger charge is -2.24. The fraction of sp³-hybridized carbons (Fsp3) is 0.962. The molecule has 0 radical (unpaired) electrons. The molecular formula is C26H56N2O6P+. The quantitative estimate of drug-likeness (QED) is 0.0775. The van der Waals surface area contributed by atoms with Gasteiger partial charge in [-0.2, -0.15) is 0 Å². The van der Waals surface area contributed by atoms with Crippen molar-refractivity contribution in [3.63, 3.8) is 0 Å². The fourth-order valence-corrected chi connectivity index (χ4v) is 4.36. The van der Waals surface area contributed by atoms with Gasteiger partial charge < -0.3 is 19.4 Å². The number of ether oxygens (including phenoxy) is 1. The Morgan fingerprint density at radius 2 is 1.17 bits per heavy atom. The molecule has 0 aliphatic rings. The van der Waals surface area contributed by atoms with E-state index in [0.717, 1.165) is 12.8 Å². The molecule has 8 nitrogen and oxygen atoms in total. The van der Waals surface area contributed by atoms with Gasteiger partial charge in [-0.05, 0) is 6.42 Å². The number of nitrogens with zero attached hydrogens (tertiary/aromatic N) is 1. The normalized spacial score (nSPS) is 13.5. The van der Waals surface area contributed by atoms with Gasteiger partial charge >= 0.3 is 13.9 Å². The van der Waals surface area contributed by atoms with Crippen LogP contribution in [0.25, 0.3) is 0 Å². The number of amides is 1. The van der Waals surface area contributed by atoms with Gasteiger partial charge in [-0.1, -0.05) is 96.8 Å². The number of carbonyl (C=O) groups excluding carboxylic acids is 1. The molecule has 0 fully saturated rings. The molecule has 1 unspecified atom stereocenters. The summed E-state index contributed by atoms with van der Waals surface area (Å²) in [5.74, 6) is 0. The van der Waals surface area contributed by atoms with Crippen LogP contribution in [-0.4, -0.2) is 69.5 Å². The SMILES string of the molecule is CCCCCCCCCCCCCCCCCNC(=O)OCCCOP(=O)(O)OCC[N+](C)(C)C. The van der Waals surface area contributed by atoms with Gasteiger partial charge in [-0.15, -0.1) is 0 Å². The summed E-state index contributed by atoms with van der Waals surface area (Å²) < 4.78 is 27.3. The van der Waals surface area contributed by atoms with Crippen molar-refractivity contribution in [1.29, 1.82) is 0 Å². The highest BCUT2D eigenvalue weighted by molar-refractivity contribution is 7.47. The van der Waals surface area contributed by atoms with Gasteiger partial charge in [0.05, 0.1) is 34.4 Å². The minimum absolute atomic E-state index is 0.00944. The van der Waals surface area contributed by atoms with E-state index in [1.165, 1.54) is 83.5 Å². The number of likely N-dealkylation sites (N-methyl/N-ethyl adjacent to an activating group) is 1. The van der Waals surface area contributed by atoms with Crippen LogP contribution in [0.1, 0.15) is 110 Å². The summed E-state index contributed by atoms with van der Waals surface area (Å²) in [6.45, 7) is 3.72. The van der Waals surface area contributed by atoms with E-state index in [4.69, 9.17) is 13.8 Å². The van der Waals surface area contributed by atoms with E-state index in [9.17, 15) is 14.3 Å². The van der Waals surface area contributed by atoms with Crippen LogP contribution in [0, 0.1) is 0 Å². The molecular weight excluding hydrogens is 467 g/mol. The third-order valence-corrected chi connectivity index (χ3v) is 6.86. The van der Waals surface area contributed by atoms with Crippen LogP contribution in [0.5, 0.6) is 0 Å². The molecule has 0 aromatic heterocycles. The molecule has 1 atom stereocenters. The molecule has 1 amide bonds. The molecule has 0 aliphatic carbocycles. The maximum Gasteiger partial charge on any atom is 0.472 e. The number of nitrogens with one attached hydrogen (secondary N) is 1. The molecule has 0 saturated carbocycles. The number of phosphoric acid groups is 1. The van der Waals surface area contributed by atoms with E-state index >= 15 is 0 Å². The van der Waals surface area contributed by atoms with Gasteiger partial charge in [0.1, 0.15) is 13.2 Å². The van der Waals surface area contributed by atoms with Gasteiger partial charge in [-0.25, -0.2) is 9.36 Å². The lowest BCUT2D eigenvalue weighted by molar-refractivity contribution is -0.870. The molecule has 0 bridgehead atoms. The van der Waals surface area contributed by atoms with Crippen molar-refractivity contribution < 1.29 is 32.5 Å². The first-order chi connectivity index (χ1) is 16.7. The molecule has 35 heavy (non-hydrogen) atoms. The van der Waals surface area contributed by atoms with Gasteiger partial charge in [0.15, 0.2) is 0 Å². The van der Waals surface area contributed by atoms with Crippen LogP contribution in [0.2, 0.25) is 0 Å². The molecule has 210 valence electrons. The monoisotopic (exact) mass is 523 g/mol. The summed E-state index contributed by atoms with van der Waals surface area (Å²) >= 11 is 0. The van der Waals surface area contributed by atoms with Crippen LogP contribution < -0.4 is 5.32 Å².